The van der Waals surface area contributed by atoms with Crippen molar-refractivity contribution in [2.75, 3.05) is 20.3 Å². The third-order valence-electron chi connectivity index (χ3n) is 3.72. The molecule has 0 heterocycles. The summed E-state index contributed by atoms with van der Waals surface area (Å²) in [7, 11) is -5.95. The highest BCUT2D eigenvalue weighted by molar-refractivity contribution is 7.89. The first kappa shape index (κ1) is 21.3. The molecule has 2 aromatic rings. The summed E-state index contributed by atoms with van der Waals surface area (Å²) in [5.74, 6) is 0.588. The second-order valence-electron chi connectivity index (χ2n) is 5.78. The minimum absolute atomic E-state index is 0.0123. The van der Waals surface area contributed by atoms with Crippen molar-refractivity contribution in [3.8, 4) is 5.75 Å². The molecule has 0 radical (unpaired) electrons. The Morgan fingerprint density at radius 2 is 1.59 bits per heavy atom. The van der Waals surface area contributed by atoms with Gasteiger partial charge in [-0.25, -0.2) is 26.7 Å². The molecule has 0 saturated carbocycles. The van der Waals surface area contributed by atoms with Gasteiger partial charge in [0.15, 0.2) is 0 Å². The van der Waals surface area contributed by atoms with Crippen LogP contribution in [0.5, 0.6) is 5.75 Å². The van der Waals surface area contributed by atoms with Crippen LogP contribution in [0.25, 0.3) is 0 Å². The van der Waals surface area contributed by atoms with Crippen LogP contribution in [0, 0.1) is 6.92 Å². The molecule has 0 saturated heterocycles. The normalized spacial score (nSPS) is 12.1. The summed E-state index contributed by atoms with van der Waals surface area (Å²) in [5, 5.41) is 5.03. The van der Waals surface area contributed by atoms with E-state index < -0.39 is 20.0 Å². The molecule has 0 aliphatic heterocycles. The molecule has 0 aliphatic carbocycles. The van der Waals surface area contributed by atoms with E-state index in [0.29, 0.717) is 30.1 Å². The third-order valence-corrected chi connectivity index (χ3v) is 6.05. The van der Waals surface area contributed by atoms with E-state index in [1.807, 2.05) is 0 Å². The van der Waals surface area contributed by atoms with Gasteiger partial charge in [-0.2, -0.15) is 0 Å². The highest BCUT2D eigenvalue weighted by Crippen LogP contribution is 2.22. The Balaban J connectivity index is 2.07. The second-order valence-corrected chi connectivity index (χ2v) is 9.11. The molecule has 0 bridgehead atoms. The first-order chi connectivity index (χ1) is 12.6. The Morgan fingerprint density at radius 3 is 2.15 bits per heavy atom. The van der Waals surface area contributed by atoms with Crippen LogP contribution >= 0.6 is 0 Å². The predicted molar refractivity (Wildman–Crippen MR) is 100 cm³/mol. The Morgan fingerprint density at radius 1 is 0.963 bits per heavy atom. The van der Waals surface area contributed by atoms with Gasteiger partial charge in [-0.15, -0.1) is 0 Å². The molecule has 10 heteroatoms. The fourth-order valence-electron chi connectivity index (χ4n) is 2.24. The van der Waals surface area contributed by atoms with E-state index in [1.54, 1.807) is 20.1 Å². The van der Waals surface area contributed by atoms with Gasteiger partial charge in [0.2, 0.25) is 20.0 Å². The van der Waals surface area contributed by atoms with Crippen LogP contribution in [0.2, 0.25) is 0 Å². The summed E-state index contributed by atoms with van der Waals surface area (Å²) in [5.41, 5.74) is 1.29. The smallest absolute Gasteiger partial charge is 0.240 e. The number of ether oxygens (including phenoxy) is 2. The van der Waals surface area contributed by atoms with E-state index in [4.69, 9.17) is 14.6 Å². The summed E-state index contributed by atoms with van der Waals surface area (Å²) in [4.78, 5) is 0.0778. The lowest BCUT2D eigenvalue weighted by Gasteiger charge is -2.12. The molecule has 0 unspecified atom stereocenters. The average molecular weight is 415 g/mol. The maximum atomic E-state index is 12.5. The molecule has 2 rings (SSSR count). The Kier molecular flexibility index (Phi) is 6.95. The van der Waals surface area contributed by atoms with Gasteiger partial charge in [0.1, 0.15) is 12.4 Å². The van der Waals surface area contributed by atoms with E-state index in [-0.39, 0.29) is 16.3 Å². The molecule has 0 fully saturated rings. The summed E-state index contributed by atoms with van der Waals surface area (Å²) in [6, 6.07) is 10.2. The molecule has 8 nitrogen and oxygen atoms in total. The van der Waals surface area contributed by atoms with Crippen molar-refractivity contribution in [2.45, 2.75) is 23.3 Å². The molecule has 0 aromatic heterocycles. The maximum absolute atomic E-state index is 12.5. The average Bonchev–Trinajstić information content (AvgIpc) is 2.61. The lowest BCUT2D eigenvalue weighted by atomic mass is 10.2. The van der Waals surface area contributed by atoms with Crippen molar-refractivity contribution in [1.82, 2.24) is 4.72 Å². The molecule has 27 heavy (non-hydrogen) atoms. The monoisotopic (exact) mass is 414 g/mol. The van der Waals surface area contributed by atoms with Crippen LogP contribution < -0.4 is 14.6 Å². The Hall–Kier alpha value is -1.98. The van der Waals surface area contributed by atoms with Crippen molar-refractivity contribution in [2.24, 2.45) is 5.14 Å². The molecule has 3 N–H and O–H groups in total. The molecule has 148 valence electrons. The lowest BCUT2D eigenvalue weighted by molar-refractivity contribution is 0.146. The zero-order valence-electron chi connectivity index (χ0n) is 15.0. The Labute approximate surface area is 159 Å². The van der Waals surface area contributed by atoms with E-state index >= 15 is 0 Å². The number of aryl methyl sites for hydroxylation is 1. The summed E-state index contributed by atoms with van der Waals surface area (Å²) < 4.78 is 60.3. The summed E-state index contributed by atoms with van der Waals surface area (Å²) in [6.07, 6.45) is 0. The molecule has 0 spiro atoms. The van der Waals surface area contributed by atoms with Crippen molar-refractivity contribution in [3.05, 3.63) is 53.6 Å². The van der Waals surface area contributed by atoms with Gasteiger partial charge in [-0.05, 0) is 48.4 Å². The fourth-order valence-corrected chi connectivity index (χ4v) is 3.86. The number of sulfonamides is 2. The number of rotatable bonds is 9. The topological polar surface area (TPSA) is 125 Å². The maximum Gasteiger partial charge on any atom is 0.240 e. The number of methoxy groups -OCH3 is 1. The first-order valence-electron chi connectivity index (χ1n) is 7.97. The number of benzene rings is 2. The lowest BCUT2D eigenvalue weighted by Crippen LogP contribution is -2.23. The minimum atomic E-state index is -3.78. The zero-order chi connectivity index (χ0) is 20.1. The van der Waals surface area contributed by atoms with Gasteiger partial charge in [0.05, 0.1) is 16.4 Å². The molecular formula is C17H22N2O6S2. The predicted octanol–water partition coefficient (Wildman–Crippen LogP) is 1.15. The highest BCUT2D eigenvalue weighted by atomic mass is 32.2. The van der Waals surface area contributed by atoms with Crippen molar-refractivity contribution in [3.63, 3.8) is 0 Å². The highest BCUT2D eigenvalue weighted by Gasteiger charge is 2.16. The SMILES string of the molecule is COCCOc1ccc(S(=O)(=O)NCc2ccc(S(N)(=O)=O)cc2)cc1C. The number of hydrogen-bond donors (Lipinski definition) is 2. The van der Waals surface area contributed by atoms with Crippen molar-refractivity contribution in [1.29, 1.82) is 0 Å². The summed E-state index contributed by atoms with van der Waals surface area (Å²) >= 11 is 0. The van der Waals surface area contributed by atoms with Gasteiger partial charge in [0, 0.05) is 13.7 Å². The van der Waals surface area contributed by atoms with Gasteiger partial charge in [-0.1, -0.05) is 12.1 Å². The minimum Gasteiger partial charge on any atom is -0.491 e. The zero-order valence-corrected chi connectivity index (χ0v) is 16.6. The van der Waals surface area contributed by atoms with Gasteiger partial charge < -0.3 is 9.47 Å². The van der Waals surface area contributed by atoms with Gasteiger partial charge in [0.25, 0.3) is 0 Å². The number of nitrogens with two attached hydrogens (primary N) is 1. The van der Waals surface area contributed by atoms with Crippen LogP contribution in [0.3, 0.4) is 0 Å². The molecule has 2 aromatic carbocycles. The first-order valence-corrected chi connectivity index (χ1v) is 11.0. The van der Waals surface area contributed by atoms with E-state index in [0.717, 1.165) is 0 Å². The molecule has 0 aliphatic rings. The van der Waals surface area contributed by atoms with Crippen molar-refractivity contribution >= 4 is 20.0 Å². The Bertz CT molecular complexity index is 987. The summed E-state index contributed by atoms with van der Waals surface area (Å²) in [6.45, 7) is 2.58. The molecule has 0 atom stereocenters. The van der Waals surface area contributed by atoms with Gasteiger partial charge in [-0.3, -0.25) is 0 Å². The quantitative estimate of drug-likeness (QED) is 0.593. The molecular weight excluding hydrogens is 392 g/mol. The van der Waals surface area contributed by atoms with Crippen molar-refractivity contribution < 1.29 is 26.3 Å². The van der Waals surface area contributed by atoms with E-state index in [1.165, 1.54) is 36.4 Å². The molecule has 0 amide bonds. The largest absolute Gasteiger partial charge is 0.491 e. The van der Waals surface area contributed by atoms with Crippen LogP contribution in [-0.2, 0) is 31.3 Å². The van der Waals surface area contributed by atoms with E-state index in [2.05, 4.69) is 4.72 Å². The van der Waals surface area contributed by atoms with Crippen LogP contribution in [0.4, 0.5) is 0 Å². The second kappa shape index (κ2) is 8.81. The van der Waals surface area contributed by atoms with Gasteiger partial charge >= 0.3 is 0 Å². The van der Waals surface area contributed by atoms with Crippen LogP contribution in [-0.4, -0.2) is 37.2 Å². The standard InChI is InChI=1S/C17H22N2O6S2/c1-13-11-16(7-8-17(13)25-10-9-24-2)27(22,23)19-12-14-3-5-15(6-4-14)26(18,20)21/h3-8,11,19H,9-10,12H2,1-2H3,(H2,18,20,21). The number of hydrogen-bond acceptors (Lipinski definition) is 6. The van der Waals surface area contributed by atoms with E-state index in [9.17, 15) is 16.8 Å². The number of primary sulfonamides is 1. The number of nitrogens with one attached hydrogen (secondary N) is 1. The third kappa shape index (κ3) is 6.01. The van der Waals surface area contributed by atoms with Crippen LogP contribution in [0.15, 0.2) is 52.3 Å². The van der Waals surface area contributed by atoms with Crippen LogP contribution in [0.1, 0.15) is 11.1 Å². The fraction of sp³-hybridized carbons (Fsp3) is 0.294.